The van der Waals surface area contributed by atoms with E-state index in [1.165, 1.54) is 31.4 Å². The van der Waals surface area contributed by atoms with Gasteiger partial charge in [0.25, 0.3) is 0 Å². The Bertz CT molecular complexity index is 362. The summed E-state index contributed by atoms with van der Waals surface area (Å²) in [6.07, 6.45) is 7.69. The fraction of sp³-hybridized carbons (Fsp3) is 0.769. The van der Waals surface area contributed by atoms with Crippen molar-refractivity contribution in [3.8, 4) is 0 Å². The van der Waals surface area contributed by atoms with Crippen molar-refractivity contribution in [1.82, 2.24) is 15.1 Å². The monoisotopic (exact) mass is 253 g/mol. The first-order chi connectivity index (χ1) is 8.20. The van der Waals surface area contributed by atoms with Gasteiger partial charge >= 0.3 is 0 Å². The van der Waals surface area contributed by atoms with E-state index in [0.717, 1.165) is 17.5 Å². The van der Waals surface area contributed by atoms with Crippen molar-refractivity contribution in [3.63, 3.8) is 0 Å². The van der Waals surface area contributed by atoms with Crippen molar-refractivity contribution in [2.75, 3.05) is 6.26 Å². The van der Waals surface area contributed by atoms with Gasteiger partial charge in [-0.2, -0.15) is 16.9 Å². The number of hydrogen-bond donors (Lipinski definition) is 1. The van der Waals surface area contributed by atoms with Gasteiger partial charge in [0.2, 0.25) is 0 Å². The molecule has 0 spiro atoms. The summed E-state index contributed by atoms with van der Waals surface area (Å²) in [4.78, 5) is 0. The molecule has 1 aliphatic rings. The van der Waals surface area contributed by atoms with Crippen LogP contribution in [-0.2, 0) is 13.6 Å². The Morgan fingerprint density at radius 2 is 2.24 bits per heavy atom. The Labute approximate surface area is 108 Å². The van der Waals surface area contributed by atoms with Crippen LogP contribution < -0.4 is 5.32 Å². The molecule has 0 aliphatic heterocycles. The van der Waals surface area contributed by atoms with E-state index in [1.54, 1.807) is 0 Å². The van der Waals surface area contributed by atoms with Crippen LogP contribution in [0.15, 0.2) is 6.07 Å². The minimum atomic E-state index is 0.675. The third-order valence-corrected chi connectivity index (χ3v) is 4.82. The molecule has 1 N–H and O–H groups in total. The maximum absolute atomic E-state index is 4.39. The molecule has 1 saturated carbocycles. The molecule has 4 heteroatoms. The van der Waals surface area contributed by atoms with Crippen molar-refractivity contribution < 1.29 is 0 Å². The second-order valence-corrected chi connectivity index (χ2v) is 6.02. The summed E-state index contributed by atoms with van der Waals surface area (Å²) in [7, 11) is 2.02. The molecule has 96 valence electrons. The first-order valence-electron chi connectivity index (χ1n) is 6.46. The number of nitrogens with one attached hydrogen (secondary N) is 1. The molecule has 1 aromatic rings. The molecule has 0 saturated heterocycles. The lowest BCUT2D eigenvalue weighted by atomic mass is 9.95. The summed E-state index contributed by atoms with van der Waals surface area (Å²) in [6.45, 7) is 2.99. The van der Waals surface area contributed by atoms with Crippen molar-refractivity contribution in [2.24, 2.45) is 7.05 Å². The first-order valence-corrected chi connectivity index (χ1v) is 7.75. The predicted octanol–water partition coefficient (Wildman–Crippen LogP) is 2.49. The highest BCUT2D eigenvalue weighted by molar-refractivity contribution is 7.99. The van der Waals surface area contributed by atoms with Gasteiger partial charge in [-0.25, -0.2) is 0 Å². The van der Waals surface area contributed by atoms with Crippen molar-refractivity contribution >= 4 is 11.8 Å². The zero-order chi connectivity index (χ0) is 12.3. The molecule has 3 nitrogen and oxygen atoms in total. The van der Waals surface area contributed by atoms with Gasteiger partial charge in [-0.3, -0.25) is 4.68 Å². The molecule has 1 fully saturated rings. The SMILES string of the molecule is CSC1CCCCC1NCc1cc(C)nn1C. The van der Waals surface area contributed by atoms with Crippen LogP contribution in [0.5, 0.6) is 0 Å². The number of hydrogen-bond acceptors (Lipinski definition) is 3. The molecular formula is C13H23N3S. The summed E-state index contributed by atoms with van der Waals surface area (Å²) in [5, 5.41) is 8.89. The molecule has 1 aromatic heterocycles. The van der Waals surface area contributed by atoms with E-state index in [2.05, 4.69) is 29.7 Å². The highest BCUT2D eigenvalue weighted by Gasteiger charge is 2.23. The van der Waals surface area contributed by atoms with Crippen molar-refractivity contribution in [3.05, 3.63) is 17.5 Å². The second kappa shape index (κ2) is 5.91. The van der Waals surface area contributed by atoms with Crippen LogP contribution in [0.4, 0.5) is 0 Å². The molecule has 17 heavy (non-hydrogen) atoms. The Hall–Kier alpha value is -0.480. The quantitative estimate of drug-likeness (QED) is 0.894. The Kier molecular flexibility index (Phi) is 4.51. The van der Waals surface area contributed by atoms with Gasteiger partial charge in [-0.15, -0.1) is 0 Å². The van der Waals surface area contributed by atoms with E-state index in [-0.39, 0.29) is 0 Å². The second-order valence-electron chi connectivity index (χ2n) is 4.95. The van der Waals surface area contributed by atoms with Crippen LogP contribution in [0.3, 0.4) is 0 Å². The summed E-state index contributed by atoms with van der Waals surface area (Å²) < 4.78 is 1.99. The van der Waals surface area contributed by atoms with Gasteiger partial charge < -0.3 is 5.32 Å². The number of aryl methyl sites for hydroxylation is 2. The van der Waals surface area contributed by atoms with E-state index in [1.807, 2.05) is 23.5 Å². The average Bonchev–Trinajstić information content (AvgIpc) is 2.65. The average molecular weight is 253 g/mol. The lowest BCUT2D eigenvalue weighted by Gasteiger charge is -2.31. The van der Waals surface area contributed by atoms with Gasteiger partial charge in [0.1, 0.15) is 0 Å². The molecule has 1 aliphatic carbocycles. The molecule has 0 radical (unpaired) electrons. The summed E-state index contributed by atoms with van der Waals surface area (Å²) >= 11 is 2.01. The van der Waals surface area contributed by atoms with Gasteiger partial charge in [0.15, 0.2) is 0 Å². The topological polar surface area (TPSA) is 29.9 Å². The Balaban J connectivity index is 1.90. The third kappa shape index (κ3) is 3.26. The largest absolute Gasteiger partial charge is 0.307 e. The number of aromatic nitrogens is 2. The molecular weight excluding hydrogens is 230 g/mol. The summed E-state index contributed by atoms with van der Waals surface area (Å²) in [5.74, 6) is 0. The molecule has 2 rings (SSSR count). The van der Waals surface area contributed by atoms with Gasteiger partial charge in [-0.1, -0.05) is 12.8 Å². The van der Waals surface area contributed by atoms with Crippen molar-refractivity contribution in [1.29, 1.82) is 0 Å². The normalized spacial score (nSPS) is 25.1. The fourth-order valence-corrected chi connectivity index (χ4v) is 3.64. The van der Waals surface area contributed by atoms with Crippen LogP contribution in [0.1, 0.15) is 37.1 Å². The van der Waals surface area contributed by atoms with Gasteiger partial charge in [0, 0.05) is 24.9 Å². The molecule has 0 amide bonds. The van der Waals surface area contributed by atoms with Crippen LogP contribution in [0.2, 0.25) is 0 Å². The highest BCUT2D eigenvalue weighted by Crippen LogP contribution is 2.27. The Morgan fingerprint density at radius 1 is 1.47 bits per heavy atom. The smallest absolute Gasteiger partial charge is 0.0597 e. The predicted molar refractivity (Wildman–Crippen MR) is 74.3 cm³/mol. The van der Waals surface area contributed by atoms with Crippen molar-refractivity contribution in [2.45, 2.75) is 50.4 Å². The van der Waals surface area contributed by atoms with E-state index < -0.39 is 0 Å². The van der Waals surface area contributed by atoms with E-state index >= 15 is 0 Å². The standard InChI is InChI=1S/C13H23N3S/c1-10-8-11(16(2)15-10)9-14-12-6-4-5-7-13(12)17-3/h8,12-14H,4-7,9H2,1-3H3. The van der Waals surface area contributed by atoms with E-state index in [0.29, 0.717) is 6.04 Å². The number of thioether (sulfide) groups is 1. The maximum Gasteiger partial charge on any atom is 0.0597 e. The highest BCUT2D eigenvalue weighted by atomic mass is 32.2. The first kappa shape index (κ1) is 13.0. The summed E-state index contributed by atoms with van der Waals surface area (Å²) in [6, 6.07) is 2.85. The lowest BCUT2D eigenvalue weighted by Crippen LogP contribution is -2.40. The number of rotatable bonds is 4. The zero-order valence-corrected chi connectivity index (χ0v) is 11.9. The minimum Gasteiger partial charge on any atom is -0.307 e. The van der Waals surface area contributed by atoms with E-state index in [9.17, 15) is 0 Å². The van der Waals surface area contributed by atoms with Gasteiger partial charge in [0.05, 0.1) is 11.4 Å². The molecule has 2 unspecified atom stereocenters. The minimum absolute atomic E-state index is 0.675. The maximum atomic E-state index is 4.39. The molecule has 0 aromatic carbocycles. The van der Waals surface area contributed by atoms with Crippen LogP contribution in [0, 0.1) is 6.92 Å². The summed E-state index contributed by atoms with van der Waals surface area (Å²) in [5.41, 5.74) is 2.39. The molecule has 0 bridgehead atoms. The fourth-order valence-electron chi connectivity index (χ4n) is 2.68. The number of nitrogens with zero attached hydrogens (tertiary/aromatic N) is 2. The molecule has 2 atom stereocenters. The Morgan fingerprint density at radius 3 is 2.88 bits per heavy atom. The lowest BCUT2D eigenvalue weighted by molar-refractivity contribution is 0.379. The van der Waals surface area contributed by atoms with Crippen LogP contribution >= 0.6 is 11.8 Å². The molecule has 1 heterocycles. The zero-order valence-electron chi connectivity index (χ0n) is 11.1. The van der Waals surface area contributed by atoms with Crippen LogP contribution in [0.25, 0.3) is 0 Å². The van der Waals surface area contributed by atoms with E-state index in [4.69, 9.17) is 0 Å². The van der Waals surface area contributed by atoms with Crippen LogP contribution in [-0.4, -0.2) is 27.3 Å². The van der Waals surface area contributed by atoms with Gasteiger partial charge in [-0.05, 0) is 32.1 Å². The third-order valence-electron chi connectivity index (χ3n) is 3.65.